The van der Waals surface area contributed by atoms with Crippen molar-refractivity contribution in [2.75, 3.05) is 13.2 Å². The summed E-state index contributed by atoms with van der Waals surface area (Å²) >= 11 is 0. The predicted molar refractivity (Wildman–Crippen MR) is 76.1 cm³/mol. The van der Waals surface area contributed by atoms with E-state index in [1.165, 1.54) is 0 Å². The van der Waals surface area contributed by atoms with Crippen LogP contribution in [0.1, 0.15) is 46.5 Å². The number of carbonyl (C=O) groups excluding carboxylic acids is 1. The molecule has 5 nitrogen and oxygen atoms in total. The van der Waals surface area contributed by atoms with Gasteiger partial charge in [-0.2, -0.15) is 0 Å². The lowest BCUT2D eigenvalue weighted by Crippen LogP contribution is -2.43. The van der Waals surface area contributed by atoms with Gasteiger partial charge < -0.3 is 15.5 Å². The molecule has 1 unspecified atom stereocenters. The van der Waals surface area contributed by atoms with E-state index >= 15 is 0 Å². The maximum absolute atomic E-state index is 12.2. The smallest absolute Gasteiger partial charge is 0.307 e. The van der Waals surface area contributed by atoms with E-state index in [4.69, 9.17) is 0 Å². The molecule has 3 N–H and O–H groups in total. The fraction of sp³-hybridized carbons (Fsp3) is 0.867. The molecule has 1 saturated carbocycles. The summed E-state index contributed by atoms with van der Waals surface area (Å²) in [6.45, 7) is 6.41. The minimum absolute atomic E-state index is 0.0315. The third kappa shape index (κ3) is 3.72. The van der Waals surface area contributed by atoms with Crippen molar-refractivity contribution in [3.05, 3.63) is 0 Å². The molecule has 0 radical (unpaired) electrons. The van der Waals surface area contributed by atoms with Crippen LogP contribution < -0.4 is 5.32 Å². The minimum Gasteiger partial charge on any atom is -0.481 e. The van der Waals surface area contributed by atoms with E-state index in [0.717, 1.165) is 12.8 Å². The number of carboxylic acids is 1. The molecule has 0 aromatic carbocycles. The van der Waals surface area contributed by atoms with Crippen molar-refractivity contribution in [3.63, 3.8) is 0 Å². The van der Waals surface area contributed by atoms with Crippen LogP contribution in [0, 0.1) is 23.2 Å². The average molecular weight is 285 g/mol. The molecule has 1 fully saturated rings. The Hall–Kier alpha value is -1.10. The molecule has 1 aliphatic carbocycles. The number of carboxylic acid groups (broad SMARTS) is 1. The van der Waals surface area contributed by atoms with Crippen molar-refractivity contribution in [2.45, 2.75) is 46.5 Å². The van der Waals surface area contributed by atoms with Gasteiger partial charge in [0, 0.05) is 12.0 Å². The van der Waals surface area contributed by atoms with Gasteiger partial charge in [-0.3, -0.25) is 9.59 Å². The van der Waals surface area contributed by atoms with Gasteiger partial charge in [-0.15, -0.1) is 0 Å². The standard InChI is InChI=1S/C15H27NO4/c1-4-15(5-2,9-17)8-16-13(18)11-6-10(3)7-12(11)14(19)20/h10-12,17H,4-9H2,1-3H3,(H,16,18)(H,19,20)/t10?,11-,12+/m0/s1. The maximum atomic E-state index is 12.2. The van der Waals surface area contributed by atoms with Gasteiger partial charge in [0.25, 0.3) is 0 Å². The Kier molecular flexibility index (Phi) is 5.99. The summed E-state index contributed by atoms with van der Waals surface area (Å²) in [5, 5.41) is 21.5. The molecule has 0 bridgehead atoms. The fourth-order valence-corrected chi connectivity index (χ4v) is 3.04. The third-order valence-electron chi connectivity index (χ3n) is 4.93. The quantitative estimate of drug-likeness (QED) is 0.664. The zero-order chi connectivity index (χ0) is 15.3. The number of aliphatic hydroxyl groups excluding tert-OH is 1. The molecule has 0 heterocycles. The van der Waals surface area contributed by atoms with Gasteiger partial charge in [0.05, 0.1) is 18.4 Å². The molecular weight excluding hydrogens is 258 g/mol. The van der Waals surface area contributed by atoms with Crippen LogP contribution in [0.15, 0.2) is 0 Å². The first kappa shape index (κ1) is 17.0. The number of hydrogen-bond acceptors (Lipinski definition) is 3. The summed E-state index contributed by atoms with van der Waals surface area (Å²) in [4.78, 5) is 23.5. The highest BCUT2D eigenvalue weighted by molar-refractivity contribution is 5.85. The second kappa shape index (κ2) is 7.07. The number of rotatable bonds is 7. The summed E-state index contributed by atoms with van der Waals surface area (Å²) in [5.41, 5.74) is -0.293. The zero-order valence-electron chi connectivity index (χ0n) is 12.7. The first-order valence-corrected chi connectivity index (χ1v) is 7.50. The van der Waals surface area contributed by atoms with E-state index in [0.29, 0.717) is 19.4 Å². The number of hydrogen-bond donors (Lipinski definition) is 3. The molecule has 1 aliphatic rings. The van der Waals surface area contributed by atoms with Crippen molar-refractivity contribution in [1.29, 1.82) is 0 Å². The second-order valence-electron chi connectivity index (χ2n) is 6.21. The van der Waals surface area contributed by atoms with Gasteiger partial charge in [-0.25, -0.2) is 0 Å². The summed E-state index contributed by atoms with van der Waals surface area (Å²) in [6, 6.07) is 0. The van der Waals surface area contributed by atoms with Crippen molar-refractivity contribution >= 4 is 11.9 Å². The highest BCUT2D eigenvalue weighted by atomic mass is 16.4. The average Bonchev–Trinajstić information content (AvgIpc) is 2.83. The summed E-state index contributed by atoms with van der Waals surface area (Å²) < 4.78 is 0. The Morgan fingerprint density at radius 2 is 1.75 bits per heavy atom. The van der Waals surface area contributed by atoms with Gasteiger partial charge in [-0.05, 0) is 31.6 Å². The van der Waals surface area contributed by atoms with Gasteiger partial charge in [0.1, 0.15) is 0 Å². The highest BCUT2D eigenvalue weighted by Gasteiger charge is 2.41. The van der Waals surface area contributed by atoms with E-state index in [-0.39, 0.29) is 23.8 Å². The summed E-state index contributed by atoms with van der Waals surface area (Å²) in [5.74, 6) is -1.80. The van der Waals surface area contributed by atoms with Crippen LogP contribution in [-0.4, -0.2) is 35.2 Å². The van der Waals surface area contributed by atoms with Gasteiger partial charge in [-0.1, -0.05) is 20.8 Å². The van der Waals surface area contributed by atoms with Crippen LogP contribution in [0.5, 0.6) is 0 Å². The molecule has 0 aromatic heterocycles. The minimum atomic E-state index is -0.881. The van der Waals surface area contributed by atoms with Crippen LogP contribution in [0.25, 0.3) is 0 Å². The Morgan fingerprint density at radius 3 is 2.20 bits per heavy atom. The number of carbonyl (C=O) groups is 2. The third-order valence-corrected chi connectivity index (χ3v) is 4.93. The Morgan fingerprint density at radius 1 is 1.20 bits per heavy atom. The van der Waals surface area contributed by atoms with Crippen molar-refractivity contribution in [3.8, 4) is 0 Å². The molecular formula is C15H27NO4. The fourth-order valence-electron chi connectivity index (χ4n) is 3.04. The van der Waals surface area contributed by atoms with Crippen molar-refractivity contribution in [1.82, 2.24) is 5.32 Å². The first-order chi connectivity index (χ1) is 9.39. The number of aliphatic hydroxyl groups is 1. The maximum Gasteiger partial charge on any atom is 0.307 e. The van der Waals surface area contributed by atoms with Crippen molar-refractivity contribution < 1.29 is 19.8 Å². The molecule has 0 aliphatic heterocycles. The van der Waals surface area contributed by atoms with Crippen LogP contribution in [0.3, 0.4) is 0 Å². The van der Waals surface area contributed by atoms with E-state index in [2.05, 4.69) is 5.32 Å². The first-order valence-electron chi connectivity index (χ1n) is 7.50. The normalized spacial score (nSPS) is 26.5. The van der Waals surface area contributed by atoms with Gasteiger partial charge >= 0.3 is 5.97 Å². The summed E-state index contributed by atoms with van der Waals surface area (Å²) in [7, 11) is 0. The topological polar surface area (TPSA) is 86.6 Å². The van der Waals surface area contributed by atoms with E-state index in [1.54, 1.807) is 0 Å². The zero-order valence-corrected chi connectivity index (χ0v) is 12.7. The second-order valence-corrected chi connectivity index (χ2v) is 6.21. The molecule has 1 amide bonds. The van der Waals surface area contributed by atoms with Crippen LogP contribution in [-0.2, 0) is 9.59 Å². The molecule has 0 saturated heterocycles. The molecule has 5 heteroatoms. The van der Waals surface area contributed by atoms with Crippen LogP contribution in [0.4, 0.5) is 0 Å². The van der Waals surface area contributed by atoms with Crippen LogP contribution in [0.2, 0.25) is 0 Å². The number of nitrogens with one attached hydrogen (secondary N) is 1. The lowest BCUT2D eigenvalue weighted by Gasteiger charge is -2.30. The lowest BCUT2D eigenvalue weighted by molar-refractivity contribution is -0.146. The van der Waals surface area contributed by atoms with E-state index in [1.807, 2.05) is 20.8 Å². The largest absolute Gasteiger partial charge is 0.481 e. The monoisotopic (exact) mass is 285 g/mol. The van der Waals surface area contributed by atoms with Crippen LogP contribution >= 0.6 is 0 Å². The Balaban J connectivity index is 2.64. The molecule has 116 valence electrons. The number of aliphatic carboxylic acids is 1. The predicted octanol–water partition coefficient (Wildman–Crippen LogP) is 1.65. The lowest BCUT2D eigenvalue weighted by atomic mass is 9.83. The van der Waals surface area contributed by atoms with Gasteiger partial charge in [0.15, 0.2) is 0 Å². The summed E-state index contributed by atoms with van der Waals surface area (Å²) in [6.07, 6.45) is 2.76. The SMILES string of the molecule is CCC(CC)(CO)CNC(=O)[C@H]1CC(C)C[C@H]1C(=O)O. The van der Waals surface area contributed by atoms with E-state index < -0.39 is 17.8 Å². The van der Waals surface area contributed by atoms with Crippen molar-refractivity contribution in [2.24, 2.45) is 23.2 Å². The Labute approximate surface area is 120 Å². The highest BCUT2D eigenvalue weighted by Crippen LogP contribution is 2.36. The molecule has 0 aromatic rings. The van der Waals surface area contributed by atoms with Gasteiger partial charge in [0.2, 0.25) is 5.91 Å². The molecule has 1 rings (SSSR count). The number of amides is 1. The van der Waals surface area contributed by atoms with E-state index in [9.17, 15) is 19.8 Å². The molecule has 20 heavy (non-hydrogen) atoms. The molecule has 0 spiro atoms. The Bertz CT molecular complexity index is 344. The molecule has 3 atom stereocenters.